The Morgan fingerprint density at radius 1 is 1.00 bits per heavy atom. The molecule has 0 saturated carbocycles. The van der Waals surface area contributed by atoms with Crippen LogP contribution in [-0.4, -0.2) is 18.2 Å². The van der Waals surface area contributed by atoms with Gasteiger partial charge in [-0.2, -0.15) is 0 Å². The van der Waals surface area contributed by atoms with Gasteiger partial charge in [0.05, 0.1) is 12.2 Å². The summed E-state index contributed by atoms with van der Waals surface area (Å²) < 4.78 is 0. The molecule has 2 aromatic carbocycles. The van der Waals surface area contributed by atoms with E-state index in [1.54, 1.807) is 24.3 Å². The highest BCUT2D eigenvalue weighted by molar-refractivity contribution is 6.04. The van der Waals surface area contributed by atoms with Crippen LogP contribution < -0.4 is 10.6 Å². The highest BCUT2D eigenvalue weighted by atomic mass is 16.2. The maximum absolute atomic E-state index is 12.0. The van der Waals surface area contributed by atoms with Crippen molar-refractivity contribution in [2.45, 2.75) is 20.8 Å². The Kier molecular flexibility index (Phi) is 4.94. The van der Waals surface area contributed by atoms with Gasteiger partial charge in [-0.3, -0.25) is 9.59 Å². The van der Waals surface area contributed by atoms with E-state index in [0.29, 0.717) is 11.3 Å². The molecular formula is C18H20N2O2. The fourth-order valence-electron chi connectivity index (χ4n) is 2.35. The van der Waals surface area contributed by atoms with Crippen molar-refractivity contribution in [1.29, 1.82) is 0 Å². The molecule has 2 N–H and O–H groups in total. The third kappa shape index (κ3) is 4.19. The summed E-state index contributed by atoms with van der Waals surface area (Å²) in [5.74, 6) is -0.258. The predicted molar refractivity (Wildman–Crippen MR) is 89.5 cm³/mol. The summed E-state index contributed by atoms with van der Waals surface area (Å²) in [5.41, 5.74) is 4.26. The molecule has 0 bridgehead atoms. The summed E-state index contributed by atoms with van der Waals surface area (Å²) in [4.78, 5) is 23.6. The number of nitrogens with one attached hydrogen (secondary N) is 2. The number of rotatable bonds is 5. The molecule has 0 aliphatic rings. The zero-order valence-corrected chi connectivity index (χ0v) is 13.1. The fraction of sp³-hybridized carbons (Fsp3) is 0.222. The number of hydrogen-bond acceptors (Lipinski definition) is 3. The van der Waals surface area contributed by atoms with Crippen LogP contribution in [0.25, 0.3) is 0 Å². The van der Waals surface area contributed by atoms with Gasteiger partial charge in [-0.05, 0) is 56.2 Å². The van der Waals surface area contributed by atoms with E-state index in [1.165, 1.54) is 6.92 Å². The lowest BCUT2D eigenvalue weighted by molar-refractivity contribution is -0.114. The van der Waals surface area contributed by atoms with Gasteiger partial charge in [-0.1, -0.05) is 18.2 Å². The van der Waals surface area contributed by atoms with Gasteiger partial charge in [0.2, 0.25) is 5.91 Å². The monoisotopic (exact) mass is 296 g/mol. The van der Waals surface area contributed by atoms with Crippen LogP contribution in [0, 0.1) is 13.8 Å². The quantitative estimate of drug-likeness (QED) is 0.829. The second-order valence-corrected chi connectivity index (χ2v) is 5.38. The van der Waals surface area contributed by atoms with E-state index in [4.69, 9.17) is 0 Å². The molecular weight excluding hydrogens is 276 g/mol. The molecule has 4 nitrogen and oxygen atoms in total. The Hall–Kier alpha value is -2.62. The summed E-state index contributed by atoms with van der Waals surface area (Å²) >= 11 is 0. The highest BCUT2D eigenvalue weighted by Gasteiger charge is 2.09. The molecule has 114 valence electrons. The minimum atomic E-state index is -0.187. The van der Waals surface area contributed by atoms with Gasteiger partial charge in [-0.15, -0.1) is 0 Å². The topological polar surface area (TPSA) is 58.2 Å². The Labute approximate surface area is 130 Å². The van der Waals surface area contributed by atoms with Gasteiger partial charge in [0.25, 0.3) is 0 Å². The molecule has 4 heteroatoms. The molecule has 0 heterocycles. The van der Waals surface area contributed by atoms with Crippen molar-refractivity contribution >= 4 is 23.1 Å². The van der Waals surface area contributed by atoms with Gasteiger partial charge in [-0.25, -0.2) is 0 Å². The normalized spacial score (nSPS) is 10.1. The molecule has 0 aromatic heterocycles. The van der Waals surface area contributed by atoms with Gasteiger partial charge < -0.3 is 10.6 Å². The van der Waals surface area contributed by atoms with E-state index in [9.17, 15) is 9.59 Å². The average Bonchev–Trinajstić information content (AvgIpc) is 2.44. The maximum Gasteiger partial charge on any atom is 0.243 e. The summed E-state index contributed by atoms with van der Waals surface area (Å²) in [6.45, 7) is 5.66. The van der Waals surface area contributed by atoms with E-state index in [0.717, 1.165) is 16.8 Å². The third-order valence-corrected chi connectivity index (χ3v) is 3.26. The van der Waals surface area contributed by atoms with Crippen molar-refractivity contribution in [2.24, 2.45) is 0 Å². The number of carbonyl (C=O) groups excluding carboxylic acids is 2. The lowest BCUT2D eigenvalue weighted by atomic mass is 10.1. The SMILES string of the molecule is CC(=O)c1ccccc1NC(=O)CNc1cc(C)cc(C)c1. The van der Waals surface area contributed by atoms with E-state index in [2.05, 4.69) is 16.7 Å². The average molecular weight is 296 g/mol. The lowest BCUT2D eigenvalue weighted by Crippen LogP contribution is -2.22. The number of anilines is 2. The van der Waals surface area contributed by atoms with Crippen LogP contribution in [0.15, 0.2) is 42.5 Å². The number of amides is 1. The van der Waals surface area contributed by atoms with E-state index >= 15 is 0 Å². The van der Waals surface area contributed by atoms with Crippen LogP contribution in [-0.2, 0) is 4.79 Å². The van der Waals surface area contributed by atoms with Crippen LogP contribution in [0.4, 0.5) is 11.4 Å². The Morgan fingerprint density at radius 3 is 2.27 bits per heavy atom. The Bertz CT molecular complexity index is 688. The first-order valence-corrected chi connectivity index (χ1v) is 7.17. The molecule has 1 amide bonds. The molecule has 22 heavy (non-hydrogen) atoms. The molecule has 2 rings (SSSR count). The first-order chi connectivity index (χ1) is 10.5. The molecule has 0 radical (unpaired) electrons. The van der Waals surface area contributed by atoms with Crippen molar-refractivity contribution in [3.8, 4) is 0 Å². The smallest absolute Gasteiger partial charge is 0.243 e. The summed E-state index contributed by atoms with van der Waals surface area (Å²) in [7, 11) is 0. The highest BCUT2D eigenvalue weighted by Crippen LogP contribution is 2.16. The zero-order chi connectivity index (χ0) is 16.1. The third-order valence-electron chi connectivity index (χ3n) is 3.26. The van der Waals surface area contributed by atoms with E-state index < -0.39 is 0 Å². The second kappa shape index (κ2) is 6.89. The number of aryl methyl sites for hydroxylation is 2. The minimum Gasteiger partial charge on any atom is -0.376 e. The first kappa shape index (κ1) is 15.8. The maximum atomic E-state index is 12.0. The van der Waals surface area contributed by atoms with Gasteiger partial charge in [0, 0.05) is 11.3 Å². The number of hydrogen-bond donors (Lipinski definition) is 2. The Balaban J connectivity index is 2.00. The summed E-state index contributed by atoms with van der Waals surface area (Å²) in [6.07, 6.45) is 0. The van der Waals surface area contributed by atoms with E-state index in [1.807, 2.05) is 26.0 Å². The van der Waals surface area contributed by atoms with Crippen molar-refractivity contribution in [3.63, 3.8) is 0 Å². The summed E-state index contributed by atoms with van der Waals surface area (Å²) in [5, 5.41) is 5.87. The van der Waals surface area contributed by atoms with Crippen LogP contribution in [0.1, 0.15) is 28.4 Å². The van der Waals surface area contributed by atoms with Crippen molar-refractivity contribution in [2.75, 3.05) is 17.2 Å². The predicted octanol–water partition coefficient (Wildman–Crippen LogP) is 3.56. The van der Waals surface area contributed by atoms with Crippen LogP contribution in [0.5, 0.6) is 0 Å². The van der Waals surface area contributed by atoms with Gasteiger partial charge in [0.15, 0.2) is 5.78 Å². The lowest BCUT2D eigenvalue weighted by Gasteiger charge is -2.11. The molecule has 0 atom stereocenters. The number of ketones is 1. The number of benzene rings is 2. The van der Waals surface area contributed by atoms with E-state index in [-0.39, 0.29) is 18.2 Å². The van der Waals surface area contributed by atoms with Crippen molar-refractivity contribution in [3.05, 3.63) is 59.2 Å². The molecule has 0 aliphatic carbocycles. The molecule has 0 unspecified atom stereocenters. The second-order valence-electron chi connectivity index (χ2n) is 5.38. The number of carbonyl (C=O) groups is 2. The molecule has 0 saturated heterocycles. The van der Waals surface area contributed by atoms with Crippen molar-refractivity contribution < 1.29 is 9.59 Å². The van der Waals surface area contributed by atoms with Crippen LogP contribution >= 0.6 is 0 Å². The van der Waals surface area contributed by atoms with Gasteiger partial charge >= 0.3 is 0 Å². The van der Waals surface area contributed by atoms with Crippen molar-refractivity contribution in [1.82, 2.24) is 0 Å². The van der Waals surface area contributed by atoms with Crippen LogP contribution in [0.2, 0.25) is 0 Å². The number of para-hydroxylation sites is 1. The Morgan fingerprint density at radius 2 is 1.64 bits per heavy atom. The molecule has 0 aliphatic heterocycles. The number of Topliss-reactive ketones (excluding diaryl/α,β-unsaturated/α-hetero) is 1. The fourth-order valence-corrected chi connectivity index (χ4v) is 2.35. The largest absolute Gasteiger partial charge is 0.376 e. The molecule has 0 fully saturated rings. The minimum absolute atomic E-state index is 0.0711. The molecule has 2 aromatic rings. The standard InChI is InChI=1S/C18H20N2O2/c1-12-8-13(2)10-15(9-12)19-11-18(22)20-17-7-5-4-6-16(17)14(3)21/h4-10,19H,11H2,1-3H3,(H,20,22). The zero-order valence-electron chi connectivity index (χ0n) is 13.1. The molecule has 0 spiro atoms. The van der Waals surface area contributed by atoms with Gasteiger partial charge in [0.1, 0.15) is 0 Å². The first-order valence-electron chi connectivity index (χ1n) is 7.17. The summed E-state index contributed by atoms with van der Waals surface area (Å²) in [6, 6.07) is 13.1. The van der Waals surface area contributed by atoms with Crippen LogP contribution in [0.3, 0.4) is 0 Å².